The number of hydrogen-bond acceptors (Lipinski definition) is 3. The Labute approximate surface area is 119 Å². The molecule has 0 spiro atoms. The van der Waals surface area contributed by atoms with Crippen LogP contribution in [0.15, 0.2) is 0 Å². The zero-order valence-electron chi connectivity index (χ0n) is 12.2. The minimum Gasteiger partial charge on any atom is -0.480 e. The molecule has 2 saturated heterocycles. The van der Waals surface area contributed by atoms with Gasteiger partial charge < -0.3 is 20.0 Å². The summed E-state index contributed by atoms with van der Waals surface area (Å²) < 4.78 is 0. The summed E-state index contributed by atoms with van der Waals surface area (Å²) in [6, 6.07) is -1.14. The van der Waals surface area contributed by atoms with E-state index in [0.29, 0.717) is 13.1 Å². The van der Waals surface area contributed by atoms with Crippen molar-refractivity contribution >= 4 is 12.0 Å². The van der Waals surface area contributed by atoms with Crippen LogP contribution in [0.2, 0.25) is 0 Å². The molecule has 2 aliphatic heterocycles. The summed E-state index contributed by atoms with van der Waals surface area (Å²) in [6.07, 6.45) is 2.32. The number of likely N-dealkylation sites (tertiary alicyclic amines) is 2. The van der Waals surface area contributed by atoms with Gasteiger partial charge in [0.2, 0.25) is 0 Å². The predicted octanol–water partition coefficient (Wildman–Crippen LogP) is 1.14. The zero-order valence-corrected chi connectivity index (χ0v) is 12.2. The van der Waals surface area contributed by atoms with Crippen LogP contribution in [0.5, 0.6) is 0 Å². The SMILES string of the molecule is CC1(C)CCCN(C(=O)N2C[C@H](O)C[C@@H]2C(=O)O)CC1. The summed E-state index contributed by atoms with van der Waals surface area (Å²) in [5, 5.41) is 18.8. The molecule has 20 heavy (non-hydrogen) atoms. The molecule has 2 heterocycles. The number of carboxylic acids is 1. The van der Waals surface area contributed by atoms with Crippen LogP contribution in [0, 0.1) is 5.41 Å². The molecule has 0 bridgehead atoms. The zero-order chi connectivity index (χ0) is 14.9. The van der Waals surface area contributed by atoms with Crippen LogP contribution in [0.3, 0.4) is 0 Å². The van der Waals surface area contributed by atoms with Gasteiger partial charge in [-0.15, -0.1) is 0 Å². The molecule has 0 aromatic rings. The van der Waals surface area contributed by atoms with Crippen molar-refractivity contribution in [3.8, 4) is 0 Å². The third-order valence-electron chi connectivity index (χ3n) is 4.42. The van der Waals surface area contributed by atoms with Gasteiger partial charge in [0.05, 0.1) is 6.10 Å². The third-order valence-corrected chi connectivity index (χ3v) is 4.42. The number of urea groups is 1. The van der Waals surface area contributed by atoms with Gasteiger partial charge in [0.1, 0.15) is 6.04 Å². The second-order valence-corrected chi connectivity index (χ2v) is 6.68. The second-order valence-electron chi connectivity index (χ2n) is 6.68. The molecule has 0 aromatic heterocycles. The standard InChI is InChI=1S/C14H24N2O4/c1-14(2)4-3-6-15(7-5-14)13(20)16-9-10(17)8-11(16)12(18)19/h10-11,17H,3-9H2,1-2H3,(H,18,19)/t10-,11-/m1/s1. The number of aliphatic hydroxyl groups is 1. The molecule has 0 radical (unpaired) electrons. The van der Waals surface area contributed by atoms with Crippen molar-refractivity contribution in [1.82, 2.24) is 9.80 Å². The van der Waals surface area contributed by atoms with Gasteiger partial charge in [-0.05, 0) is 24.7 Å². The molecule has 2 N–H and O–H groups in total. The lowest BCUT2D eigenvalue weighted by Crippen LogP contribution is -2.48. The molecule has 6 nitrogen and oxygen atoms in total. The van der Waals surface area contributed by atoms with E-state index in [4.69, 9.17) is 5.11 Å². The molecule has 2 amide bonds. The molecule has 0 unspecified atom stereocenters. The minimum absolute atomic E-state index is 0.121. The van der Waals surface area contributed by atoms with Crippen LogP contribution in [0.1, 0.15) is 39.5 Å². The Morgan fingerprint density at radius 3 is 2.55 bits per heavy atom. The van der Waals surface area contributed by atoms with Gasteiger partial charge in [0.25, 0.3) is 0 Å². The first-order valence-corrected chi connectivity index (χ1v) is 7.26. The highest BCUT2D eigenvalue weighted by Crippen LogP contribution is 2.30. The summed E-state index contributed by atoms with van der Waals surface area (Å²) in [4.78, 5) is 26.7. The van der Waals surface area contributed by atoms with E-state index in [1.54, 1.807) is 4.90 Å². The second kappa shape index (κ2) is 5.60. The van der Waals surface area contributed by atoms with Crippen molar-refractivity contribution in [2.45, 2.75) is 51.7 Å². The number of carbonyl (C=O) groups excluding carboxylic acids is 1. The molecule has 6 heteroatoms. The predicted molar refractivity (Wildman–Crippen MR) is 73.4 cm³/mol. The van der Waals surface area contributed by atoms with Crippen LogP contribution in [0.4, 0.5) is 4.79 Å². The first-order valence-electron chi connectivity index (χ1n) is 7.26. The molecule has 2 fully saturated rings. The topological polar surface area (TPSA) is 81.1 Å². The highest BCUT2D eigenvalue weighted by molar-refractivity contribution is 5.83. The van der Waals surface area contributed by atoms with Gasteiger partial charge in [-0.3, -0.25) is 0 Å². The first-order chi connectivity index (χ1) is 9.30. The fraction of sp³-hybridized carbons (Fsp3) is 0.857. The van der Waals surface area contributed by atoms with Crippen molar-refractivity contribution < 1.29 is 19.8 Å². The van der Waals surface area contributed by atoms with Crippen LogP contribution < -0.4 is 0 Å². The van der Waals surface area contributed by atoms with Crippen molar-refractivity contribution in [3.63, 3.8) is 0 Å². The van der Waals surface area contributed by atoms with Gasteiger partial charge in [0, 0.05) is 26.1 Å². The number of aliphatic carboxylic acids is 1. The van der Waals surface area contributed by atoms with Crippen LogP contribution >= 0.6 is 0 Å². The smallest absolute Gasteiger partial charge is 0.326 e. The monoisotopic (exact) mass is 284 g/mol. The maximum Gasteiger partial charge on any atom is 0.326 e. The summed E-state index contributed by atoms with van der Waals surface area (Å²) in [5.74, 6) is -1.04. The van der Waals surface area contributed by atoms with E-state index in [1.165, 1.54) is 4.90 Å². The number of β-amino-alcohol motifs (C(OH)–C–C–N with tert-alkyl or cyclic N) is 1. The maximum absolute atomic E-state index is 12.5. The molecule has 0 saturated carbocycles. The lowest BCUT2D eigenvalue weighted by molar-refractivity contribution is -0.141. The van der Waals surface area contributed by atoms with E-state index < -0.39 is 18.1 Å². The fourth-order valence-electron chi connectivity index (χ4n) is 3.06. The molecular formula is C14H24N2O4. The molecule has 114 valence electrons. The van der Waals surface area contributed by atoms with Crippen molar-refractivity contribution in [1.29, 1.82) is 0 Å². The van der Waals surface area contributed by atoms with Gasteiger partial charge in [0.15, 0.2) is 0 Å². The molecule has 2 rings (SSSR count). The molecule has 2 atom stereocenters. The quantitative estimate of drug-likeness (QED) is 0.756. The van der Waals surface area contributed by atoms with Gasteiger partial charge >= 0.3 is 12.0 Å². The van der Waals surface area contributed by atoms with Gasteiger partial charge in [-0.2, -0.15) is 0 Å². The highest BCUT2D eigenvalue weighted by atomic mass is 16.4. The molecule has 0 aromatic carbocycles. The molecule has 0 aliphatic carbocycles. The highest BCUT2D eigenvalue weighted by Gasteiger charge is 2.41. The average molecular weight is 284 g/mol. The Balaban J connectivity index is 2.05. The van der Waals surface area contributed by atoms with E-state index in [1.807, 2.05) is 0 Å². The average Bonchev–Trinajstić information content (AvgIpc) is 2.65. The van der Waals surface area contributed by atoms with Crippen molar-refractivity contribution in [3.05, 3.63) is 0 Å². The normalized spacial score (nSPS) is 30.1. The van der Waals surface area contributed by atoms with E-state index in [-0.39, 0.29) is 24.4 Å². The van der Waals surface area contributed by atoms with Gasteiger partial charge in [-0.1, -0.05) is 13.8 Å². The van der Waals surface area contributed by atoms with Crippen LogP contribution in [0.25, 0.3) is 0 Å². The fourth-order valence-corrected chi connectivity index (χ4v) is 3.06. The number of amides is 2. The number of carbonyl (C=O) groups is 2. The summed E-state index contributed by atoms with van der Waals surface area (Å²) >= 11 is 0. The lowest BCUT2D eigenvalue weighted by Gasteiger charge is -2.29. The maximum atomic E-state index is 12.5. The Morgan fingerprint density at radius 1 is 1.20 bits per heavy atom. The number of carboxylic acid groups (broad SMARTS) is 1. The van der Waals surface area contributed by atoms with Crippen molar-refractivity contribution in [2.75, 3.05) is 19.6 Å². The summed E-state index contributed by atoms with van der Waals surface area (Å²) in [5.41, 5.74) is 0.228. The van der Waals surface area contributed by atoms with E-state index in [9.17, 15) is 14.7 Å². The van der Waals surface area contributed by atoms with Crippen molar-refractivity contribution in [2.24, 2.45) is 5.41 Å². The van der Waals surface area contributed by atoms with E-state index >= 15 is 0 Å². The number of hydrogen-bond donors (Lipinski definition) is 2. The number of aliphatic hydroxyl groups excluding tert-OH is 1. The Hall–Kier alpha value is -1.30. The summed E-state index contributed by atoms with van der Waals surface area (Å²) in [6.45, 7) is 5.84. The largest absolute Gasteiger partial charge is 0.480 e. The third kappa shape index (κ3) is 3.23. The number of nitrogens with zero attached hydrogens (tertiary/aromatic N) is 2. The first kappa shape index (κ1) is 15.1. The summed E-state index contributed by atoms with van der Waals surface area (Å²) in [7, 11) is 0. The van der Waals surface area contributed by atoms with Gasteiger partial charge in [-0.25, -0.2) is 9.59 Å². The Bertz CT molecular complexity index is 397. The molecule has 2 aliphatic rings. The van der Waals surface area contributed by atoms with Crippen LogP contribution in [-0.2, 0) is 4.79 Å². The number of rotatable bonds is 1. The lowest BCUT2D eigenvalue weighted by atomic mass is 9.85. The Kier molecular flexibility index (Phi) is 4.22. The Morgan fingerprint density at radius 2 is 1.90 bits per heavy atom. The van der Waals surface area contributed by atoms with E-state index in [0.717, 1.165) is 19.3 Å². The molecular weight excluding hydrogens is 260 g/mol. The van der Waals surface area contributed by atoms with Crippen LogP contribution in [-0.4, -0.2) is 63.8 Å². The minimum atomic E-state index is -1.04. The van der Waals surface area contributed by atoms with E-state index in [2.05, 4.69) is 13.8 Å².